The van der Waals surface area contributed by atoms with Gasteiger partial charge >= 0.3 is 5.97 Å². The van der Waals surface area contributed by atoms with E-state index in [0.717, 1.165) is 38.5 Å². The molecule has 0 spiro atoms. The highest BCUT2D eigenvalue weighted by Gasteiger charge is 2.18. The maximum absolute atomic E-state index is 12.5. The van der Waals surface area contributed by atoms with Crippen molar-refractivity contribution in [3.63, 3.8) is 0 Å². The highest BCUT2D eigenvalue weighted by atomic mass is 16.5. The van der Waals surface area contributed by atoms with Crippen molar-refractivity contribution in [2.24, 2.45) is 0 Å². The number of aliphatic hydroxyl groups excluding tert-OH is 2. The Morgan fingerprint density at radius 2 is 0.511 bits per heavy atom. The molecule has 6 heteroatoms. The van der Waals surface area contributed by atoms with Crippen LogP contribution < -0.4 is 5.32 Å². The number of hydrogen-bond acceptors (Lipinski definition) is 5. The van der Waals surface area contributed by atoms with Gasteiger partial charge in [0.2, 0.25) is 5.91 Å². The number of unbranched alkanes of at least 4 members (excludes halogenated alkanes) is 69. The predicted molar refractivity (Wildman–Crippen MR) is 398 cm³/mol. The first-order valence-corrected chi connectivity index (χ1v) is 42.0. The summed E-state index contributed by atoms with van der Waals surface area (Å²) in [6, 6.07) is -0.624. The minimum absolute atomic E-state index is 0.0274. The molecule has 3 N–H and O–H groups in total. The Kier molecular flexibility index (Phi) is 78.8. The van der Waals surface area contributed by atoms with Crippen LogP contribution in [0.25, 0.3) is 0 Å². The third-order valence-corrected chi connectivity index (χ3v) is 20.1. The minimum atomic E-state index is -0.841. The smallest absolute Gasteiger partial charge is 0.305 e. The van der Waals surface area contributed by atoms with Crippen molar-refractivity contribution in [2.75, 3.05) is 13.2 Å². The summed E-state index contributed by atoms with van der Waals surface area (Å²) in [5.74, 6) is -0.0294. The van der Waals surface area contributed by atoms with Crippen molar-refractivity contribution in [3.8, 4) is 0 Å². The van der Waals surface area contributed by atoms with E-state index in [1.165, 1.54) is 424 Å². The van der Waals surface area contributed by atoms with Crippen LogP contribution in [-0.4, -0.2) is 47.4 Å². The highest BCUT2D eigenvalue weighted by Crippen LogP contribution is 2.21. The molecular formula is C84H165NO5. The van der Waals surface area contributed by atoms with E-state index in [1.807, 2.05) is 6.08 Å². The molecule has 0 heterocycles. The van der Waals surface area contributed by atoms with E-state index in [2.05, 4.69) is 19.2 Å². The van der Waals surface area contributed by atoms with Gasteiger partial charge in [0.05, 0.1) is 25.4 Å². The molecule has 0 aliphatic rings. The lowest BCUT2D eigenvalue weighted by atomic mass is 10.0. The van der Waals surface area contributed by atoms with E-state index >= 15 is 0 Å². The predicted octanol–water partition coefficient (Wildman–Crippen LogP) is 27.8. The van der Waals surface area contributed by atoms with Gasteiger partial charge in [-0.1, -0.05) is 456 Å². The Morgan fingerprint density at radius 3 is 0.756 bits per heavy atom. The van der Waals surface area contributed by atoms with Gasteiger partial charge in [0.1, 0.15) is 0 Å². The van der Waals surface area contributed by atoms with E-state index in [1.54, 1.807) is 6.08 Å². The monoisotopic (exact) mass is 1270 g/mol. The molecule has 0 radical (unpaired) electrons. The van der Waals surface area contributed by atoms with Gasteiger partial charge < -0.3 is 20.3 Å². The summed E-state index contributed by atoms with van der Waals surface area (Å²) < 4.78 is 5.51. The zero-order valence-corrected chi connectivity index (χ0v) is 61.7. The topological polar surface area (TPSA) is 95.9 Å². The average Bonchev–Trinajstić information content (AvgIpc) is 3.60. The van der Waals surface area contributed by atoms with Gasteiger partial charge in [0, 0.05) is 12.8 Å². The second-order valence-electron chi connectivity index (χ2n) is 29.2. The molecule has 2 atom stereocenters. The molecule has 90 heavy (non-hydrogen) atoms. The van der Waals surface area contributed by atoms with Crippen molar-refractivity contribution in [1.29, 1.82) is 0 Å². The van der Waals surface area contributed by atoms with Crippen LogP contribution in [0.5, 0.6) is 0 Å². The summed E-state index contributed by atoms with van der Waals surface area (Å²) in [5, 5.41) is 23.3. The molecular weight excluding hydrogens is 1100 g/mol. The van der Waals surface area contributed by atoms with Gasteiger partial charge in [-0.05, 0) is 32.1 Å². The van der Waals surface area contributed by atoms with Gasteiger partial charge in [0.25, 0.3) is 0 Å². The number of allylic oxidation sites excluding steroid dienone is 1. The van der Waals surface area contributed by atoms with Crippen LogP contribution in [0.15, 0.2) is 12.2 Å². The van der Waals surface area contributed by atoms with Crippen molar-refractivity contribution < 1.29 is 24.5 Å². The standard InChI is InChI=1S/C84H165NO5/c1-3-5-7-9-11-13-15-17-19-20-21-39-42-45-49-52-56-60-64-68-72-76-82(87)81(80-86)85-83(88)77-73-69-65-61-57-53-50-46-43-40-37-35-33-31-29-27-25-23-22-24-26-28-30-32-34-36-38-41-44-47-51-55-59-63-67-71-75-79-90-84(89)78-74-70-66-62-58-54-48-18-16-14-12-10-8-6-4-2/h72,76,81-82,86-87H,3-71,73-75,77-80H2,1-2H3,(H,85,88)/b76-72+. The quantitative estimate of drug-likeness (QED) is 0.0320. The third kappa shape index (κ3) is 75.6. The molecule has 0 bridgehead atoms. The van der Waals surface area contributed by atoms with E-state index in [4.69, 9.17) is 4.74 Å². The number of amides is 1. The molecule has 0 saturated carbocycles. The second-order valence-corrected chi connectivity index (χ2v) is 29.2. The summed E-state index contributed by atoms with van der Waals surface area (Å²) in [6.45, 7) is 4.97. The molecule has 0 aliphatic heterocycles. The third-order valence-electron chi connectivity index (χ3n) is 20.1. The van der Waals surface area contributed by atoms with E-state index in [9.17, 15) is 19.8 Å². The second kappa shape index (κ2) is 80.0. The molecule has 0 aromatic carbocycles. The Bertz CT molecular complexity index is 1370. The maximum Gasteiger partial charge on any atom is 0.305 e. The zero-order chi connectivity index (χ0) is 64.9. The Hall–Kier alpha value is -1.40. The van der Waals surface area contributed by atoms with Crippen LogP contribution in [0.1, 0.15) is 489 Å². The van der Waals surface area contributed by atoms with Gasteiger partial charge in [0.15, 0.2) is 0 Å². The Balaban J connectivity index is 3.31. The lowest BCUT2D eigenvalue weighted by molar-refractivity contribution is -0.143. The molecule has 1 amide bonds. The highest BCUT2D eigenvalue weighted by molar-refractivity contribution is 5.76. The van der Waals surface area contributed by atoms with Gasteiger partial charge in [-0.3, -0.25) is 9.59 Å². The minimum Gasteiger partial charge on any atom is -0.466 e. The lowest BCUT2D eigenvalue weighted by Gasteiger charge is -2.20. The number of carbonyl (C=O) groups excluding carboxylic acids is 2. The number of ether oxygens (including phenoxy) is 1. The van der Waals surface area contributed by atoms with Crippen molar-refractivity contribution in [2.45, 2.75) is 501 Å². The Morgan fingerprint density at radius 1 is 0.300 bits per heavy atom. The molecule has 6 nitrogen and oxygen atoms in total. The number of hydrogen-bond donors (Lipinski definition) is 3. The van der Waals surface area contributed by atoms with Crippen LogP contribution in [0, 0.1) is 0 Å². The molecule has 2 unspecified atom stereocenters. The fourth-order valence-corrected chi connectivity index (χ4v) is 13.7. The Labute approximate surface area is 565 Å². The number of aliphatic hydroxyl groups is 2. The van der Waals surface area contributed by atoms with E-state index in [-0.39, 0.29) is 18.5 Å². The van der Waals surface area contributed by atoms with Crippen LogP contribution >= 0.6 is 0 Å². The number of rotatable bonds is 80. The molecule has 0 rings (SSSR count). The zero-order valence-electron chi connectivity index (χ0n) is 61.7. The molecule has 0 aromatic heterocycles. The van der Waals surface area contributed by atoms with Gasteiger partial charge in [-0.2, -0.15) is 0 Å². The summed E-state index contributed by atoms with van der Waals surface area (Å²) in [5.41, 5.74) is 0. The summed E-state index contributed by atoms with van der Waals surface area (Å²) >= 11 is 0. The van der Waals surface area contributed by atoms with Crippen LogP contribution in [-0.2, 0) is 14.3 Å². The molecule has 0 aliphatic carbocycles. The van der Waals surface area contributed by atoms with Crippen molar-refractivity contribution in [3.05, 3.63) is 12.2 Å². The average molecular weight is 1270 g/mol. The number of carbonyl (C=O) groups is 2. The first-order valence-electron chi connectivity index (χ1n) is 42.0. The van der Waals surface area contributed by atoms with Gasteiger partial charge in [-0.15, -0.1) is 0 Å². The van der Waals surface area contributed by atoms with E-state index < -0.39 is 12.1 Å². The lowest BCUT2D eigenvalue weighted by Crippen LogP contribution is -2.45. The van der Waals surface area contributed by atoms with Gasteiger partial charge in [-0.25, -0.2) is 0 Å². The van der Waals surface area contributed by atoms with Crippen LogP contribution in [0.3, 0.4) is 0 Å². The van der Waals surface area contributed by atoms with Crippen molar-refractivity contribution in [1.82, 2.24) is 5.32 Å². The molecule has 0 aromatic rings. The first kappa shape index (κ1) is 88.6. The van der Waals surface area contributed by atoms with Crippen LogP contribution in [0.2, 0.25) is 0 Å². The van der Waals surface area contributed by atoms with Crippen LogP contribution in [0.4, 0.5) is 0 Å². The maximum atomic E-state index is 12.5. The molecule has 536 valence electrons. The first-order chi connectivity index (χ1) is 44.5. The summed E-state index contributed by atoms with van der Waals surface area (Å²) in [7, 11) is 0. The SMILES string of the molecule is CCCCCCCCCCCCCCCCCCCCC/C=C/C(O)C(CO)NC(=O)CCCCCCCCCCCCCCCCCCCCCCCCCCCCCCCCCCCCCCCOC(=O)CCCCCCCCCCCCCCCCC. The van der Waals surface area contributed by atoms with E-state index in [0.29, 0.717) is 19.4 Å². The molecule has 0 fully saturated rings. The summed E-state index contributed by atoms with van der Waals surface area (Å²) in [4.78, 5) is 24.6. The number of esters is 1. The summed E-state index contributed by atoms with van der Waals surface area (Å²) in [6.07, 6.45) is 102. The largest absolute Gasteiger partial charge is 0.466 e. The molecule has 0 saturated heterocycles. The normalized spacial score (nSPS) is 12.4. The van der Waals surface area contributed by atoms with Crippen molar-refractivity contribution >= 4 is 11.9 Å². The fourth-order valence-electron chi connectivity index (χ4n) is 13.7. The fraction of sp³-hybridized carbons (Fsp3) is 0.952. The number of nitrogens with one attached hydrogen (secondary N) is 1.